The summed E-state index contributed by atoms with van der Waals surface area (Å²) in [5.41, 5.74) is 2.55. The number of carboxylic acids is 1. The van der Waals surface area contributed by atoms with Crippen molar-refractivity contribution in [2.45, 2.75) is 39.5 Å². The van der Waals surface area contributed by atoms with Crippen LogP contribution in [0.1, 0.15) is 48.3 Å². The highest BCUT2D eigenvalue weighted by Gasteiger charge is 2.22. The maximum absolute atomic E-state index is 12.5. The number of pyridine rings is 1. The monoisotopic (exact) mass is 393 g/mol. The predicted molar refractivity (Wildman–Crippen MR) is 95.4 cm³/mol. The number of hydrogen-bond donors (Lipinski definition) is 1. The molecule has 0 aliphatic heterocycles. The molecule has 0 saturated carbocycles. The van der Waals surface area contributed by atoms with Crippen LogP contribution in [0.4, 0.5) is 0 Å². The Labute approximate surface area is 149 Å². The molecule has 24 heavy (non-hydrogen) atoms. The van der Waals surface area contributed by atoms with Crippen LogP contribution in [-0.2, 0) is 22.4 Å². The van der Waals surface area contributed by atoms with Gasteiger partial charge in [-0.3, -0.25) is 9.78 Å². The van der Waals surface area contributed by atoms with Crippen molar-refractivity contribution in [2.75, 3.05) is 6.61 Å². The van der Waals surface area contributed by atoms with E-state index in [1.165, 1.54) is 0 Å². The summed E-state index contributed by atoms with van der Waals surface area (Å²) in [5, 5.41) is 9.85. The summed E-state index contributed by atoms with van der Waals surface area (Å²) in [6, 6.07) is 5.61. The van der Waals surface area contributed by atoms with Crippen molar-refractivity contribution in [3.05, 3.63) is 39.5 Å². The number of halogens is 1. The molecule has 2 rings (SSSR count). The molecule has 5 nitrogen and oxygen atoms in total. The Kier molecular flexibility index (Phi) is 6.31. The third-order valence-electron chi connectivity index (χ3n) is 3.69. The molecule has 0 saturated heterocycles. The predicted octanol–water partition coefficient (Wildman–Crippen LogP) is 4.14. The molecule has 0 radical (unpaired) electrons. The highest BCUT2D eigenvalue weighted by atomic mass is 79.9. The summed E-state index contributed by atoms with van der Waals surface area (Å²) in [6.45, 7) is 4.03. The van der Waals surface area contributed by atoms with Gasteiger partial charge in [0, 0.05) is 16.3 Å². The molecular weight excluding hydrogens is 374 g/mol. The van der Waals surface area contributed by atoms with E-state index in [1.807, 2.05) is 25.1 Å². The average Bonchev–Trinajstić information content (AvgIpc) is 2.52. The van der Waals surface area contributed by atoms with E-state index in [2.05, 4.69) is 20.9 Å². The van der Waals surface area contributed by atoms with E-state index >= 15 is 0 Å². The molecule has 1 aromatic heterocycles. The molecule has 1 N–H and O–H groups in total. The van der Waals surface area contributed by atoms with Gasteiger partial charge in [0.05, 0.1) is 23.4 Å². The molecule has 0 bridgehead atoms. The van der Waals surface area contributed by atoms with Gasteiger partial charge < -0.3 is 9.84 Å². The number of aryl methyl sites for hydroxylation is 2. The van der Waals surface area contributed by atoms with Crippen LogP contribution in [0.2, 0.25) is 0 Å². The van der Waals surface area contributed by atoms with Gasteiger partial charge in [-0.2, -0.15) is 0 Å². The van der Waals surface area contributed by atoms with E-state index in [9.17, 15) is 9.59 Å². The third-order valence-corrected chi connectivity index (χ3v) is 4.18. The number of fused-ring (bicyclic) bond motifs is 1. The SMILES string of the molecule is CCCc1nc2cc(Br)ccc2c(CCC(=O)O)c1C(=O)OCC. The molecule has 128 valence electrons. The fourth-order valence-electron chi connectivity index (χ4n) is 2.72. The van der Waals surface area contributed by atoms with Gasteiger partial charge in [-0.05, 0) is 37.5 Å². The van der Waals surface area contributed by atoms with Crippen LogP contribution < -0.4 is 0 Å². The number of aromatic nitrogens is 1. The van der Waals surface area contributed by atoms with E-state index in [0.717, 1.165) is 21.8 Å². The largest absolute Gasteiger partial charge is 0.481 e. The minimum atomic E-state index is -0.899. The summed E-state index contributed by atoms with van der Waals surface area (Å²) in [5.74, 6) is -1.33. The number of carboxylic acid groups (broad SMARTS) is 1. The molecule has 6 heteroatoms. The molecule has 1 heterocycles. The molecule has 0 atom stereocenters. The average molecular weight is 394 g/mol. The molecule has 1 aromatic carbocycles. The van der Waals surface area contributed by atoms with Gasteiger partial charge in [-0.1, -0.05) is 35.3 Å². The first-order valence-corrected chi connectivity index (χ1v) is 8.77. The van der Waals surface area contributed by atoms with Gasteiger partial charge >= 0.3 is 11.9 Å². The molecule has 0 spiro atoms. The van der Waals surface area contributed by atoms with Crippen molar-refractivity contribution >= 4 is 38.8 Å². The van der Waals surface area contributed by atoms with Crippen LogP contribution >= 0.6 is 15.9 Å². The minimum Gasteiger partial charge on any atom is -0.481 e. The van der Waals surface area contributed by atoms with Crippen molar-refractivity contribution in [2.24, 2.45) is 0 Å². The van der Waals surface area contributed by atoms with Crippen LogP contribution in [0, 0.1) is 0 Å². The molecule has 0 amide bonds. The standard InChI is InChI=1S/C18H20BrNO4/c1-3-5-14-17(18(23)24-4-2)13(8-9-16(21)22)12-7-6-11(19)10-15(12)20-14/h6-7,10H,3-5,8-9H2,1-2H3,(H,21,22). The highest BCUT2D eigenvalue weighted by molar-refractivity contribution is 9.10. The lowest BCUT2D eigenvalue weighted by Gasteiger charge is -2.16. The molecule has 0 fully saturated rings. The van der Waals surface area contributed by atoms with Crippen molar-refractivity contribution < 1.29 is 19.4 Å². The van der Waals surface area contributed by atoms with E-state index in [1.54, 1.807) is 6.92 Å². The van der Waals surface area contributed by atoms with Gasteiger partial charge in [0.1, 0.15) is 0 Å². The van der Waals surface area contributed by atoms with Crippen LogP contribution in [-0.4, -0.2) is 28.6 Å². The zero-order valence-corrected chi connectivity index (χ0v) is 15.4. The first kappa shape index (κ1) is 18.4. The first-order chi connectivity index (χ1) is 11.5. The fourth-order valence-corrected chi connectivity index (χ4v) is 3.07. The van der Waals surface area contributed by atoms with Crippen molar-refractivity contribution in [1.82, 2.24) is 4.98 Å². The first-order valence-electron chi connectivity index (χ1n) is 7.97. The zero-order valence-electron chi connectivity index (χ0n) is 13.8. The Morgan fingerprint density at radius 3 is 2.62 bits per heavy atom. The fraction of sp³-hybridized carbons (Fsp3) is 0.389. The maximum Gasteiger partial charge on any atom is 0.340 e. The summed E-state index contributed by atoms with van der Waals surface area (Å²) in [7, 11) is 0. The number of rotatable bonds is 7. The van der Waals surface area contributed by atoms with Gasteiger partial charge in [-0.15, -0.1) is 0 Å². The molecular formula is C18H20BrNO4. The van der Waals surface area contributed by atoms with E-state index < -0.39 is 11.9 Å². The molecule has 0 aliphatic carbocycles. The zero-order chi connectivity index (χ0) is 17.7. The second-order valence-electron chi connectivity index (χ2n) is 5.44. The summed E-state index contributed by atoms with van der Waals surface area (Å²) >= 11 is 3.43. The molecule has 0 unspecified atom stereocenters. The van der Waals surface area contributed by atoms with Crippen molar-refractivity contribution in [3.8, 4) is 0 Å². The number of aliphatic carboxylic acids is 1. The number of esters is 1. The van der Waals surface area contributed by atoms with Gasteiger partial charge in [-0.25, -0.2) is 4.79 Å². The number of nitrogens with zero attached hydrogens (tertiary/aromatic N) is 1. The Morgan fingerprint density at radius 1 is 1.25 bits per heavy atom. The number of benzene rings is 1. The molecule has 0 aliphatic rings. The lowest BCUT2D eigenvalue weighted by atomic mass is 9.95. The smallest absolute Gasteiger partial charge is 0.340 e. The number of carbonyl (C=O) groups is 2. The van der Waals surface area contributed by atoms with Gasteiger partial charge in [0.2, 0.25) is 0 Å². The topological polar surface area (TPSA) is 76.5 Å². The van der Waals surface area contributed by atoms with Crippen molar-refractivity contribution in [1.29, 1.82) is 0 Å². The normalized spacial score (nSPS) is 10.8. The summed E-state index contributed by atoms with van der Waals surface area (Å²) < 4.78 is 6.09. The Morgan fingerprint density at radius 2 is 2.00 bits per heavy atom. The van der Waals surface area contributed by atoms with Crippen LogP contribution in [0.3, 0.4) is 0 Å². The highest BCUT2D eigenvalue weighted by Crippen LogP contribution is 2.28. The van der Waals surface area contributed by atoms with Crippen LogP contribution in [0.15, 0.2) is 22.7 Å². The summed E-state index contributed by atoms with van der Waals surface area (Å²) in [4.78, 5) is 28.2. The Balaban J connectivity index is 2.72. The van der Waals surface area contributed by atoms with Gasteiger partial charge in [0.15, 0.2) is 0 Å². The quantitative estimate of drug-likeness (QED) is 0.715. The lowest BCUT2D eigenvalue weighted by Crippen LogP contribution is -2.15. The number of ether oxygens (including phenoxy) is 1. The maximum atomic E-state index is 12.5. The van der Waals surface area contributed by atoms with E-state index in [0.29, 0.717) is 23.2 Å². The van der Waals surface area contributed by atoms with E-state index in [-0.39, 0.29) is 19.4 Å². The Hall–Kier alpha value is -1.95. The summed E-state index contributed by atoms with van der Waals surface area (Å²) in [6.07, 6.45) is 1.68. The van der Waals surface area contributed by atoms with E-state index in [4.69, 9.17) is 9.84 Å². The Bertz CT molecular complexity index is 773. The number of hydrogen-bond acceptors (Lipinski definition) is 4. The van der Waals surface area contributed by atoms with Crippen LogP contribution in [0.25, 0.3) is 10.9 Å². The third kappa shape index (κ3) is 4.12. The van der Waals surface area contributed by atoms with Crippen LogP contribution in [0.5, 0.6) is 0 Å². The van der Waals surface area contributed by atoms with Crippen molar-refractivity contribution in [3.63, 3.8) is 0 Å². The number of carbonyl (C=O) groups excluding carboxylic acids is 1. The molecule has 2 aromatic rings. The second-order valence-corrected chi connectivity index (χ2v) is 6.35. The second kappa shape index (κ2) is 8.24. The van der Waals surface area contributed by atoms with Gasteiger partial charge in [0.25, 0.3) is 0 Å². The lowest BCUT2D eigenvalue weighted by molar-refractivity contribution is -0.136. The minimum absolute atomic E-state index is 0.0485.